The predicted octanol–water partition coefficient (Wildman–Crippen LogP) is 2.17. The molecule has 2 unspecified atom stereocenters. The van der Waals surface area contributed by atoms with Gasteiger partial charge in [0, 0.05) is 19.1 Å². The van der Waals surface area contributed by atoms with Crippen molar-refractivity contribution in [2.24, 2.45) is 0 Å². The molecule has 2 rings (SSSR count). The van der Waals surface area contributed by atoms with Gasteiger partial charge in [0.05, 0.1) is 5.41 Å². The highest BCUT2D eigenvalue weighted by Gasteiger charge is 2.31. The van der Waals surface area contributed by atoms with E-state index in [9.17, 15) is 4.79 Å². The maximum absolute atomic E-state index is 11.7. The van der Waals surface area contributed by atoms with Crippen LogP contribution in [-0.4, -0.2) is 55.9 Å². The predicted molar refractivity (Wildman–Crippen MR) is 83.0 cm³/mol. The molecule has 3 heteroatoms. The molecule has 1 fully saturated rings. The lowest BCUT2D eigenvalue weighted by Gasteiger charge is -2.39. The number of aldehydes is 1. The van der Waals surface area contributed by atoms with Crippen molar-refractivity contribution in [1.82, 2.24) is 9.80 Å². The molecule has 2 atom stereocenters. The summed E-state index contributed by atoms with van der Waals surface area (Å²) < 4.78 is 0. The first-order valence-corrected chi connectivity index (χ1v) is 7.46. The van der Waals surface area contributed by atoms with Crippen LogP contribution in [0.3, 0.4) is 0 Å². The molecule has 0 radical (unpaired) electrons. The van der Waals surface area contributed by atoms with E-state index < -0.39 is 5.41 Å². The smallest absolute Gasteiger partial charge is 0.131 e. The molecule has 0 N–H and O–H groups in total. The molecule has 0 spiro atoms. The van der Waals surface area contributed by atoms with Crippen LogP contribution >= 0.6 is 0 Å². The van der Waals surface area contributed by atoms with Gasteiger partial charge < -0.3 is 14.6 Å². The van der Waals surface area contributed by atoms with E-state index in [4.69, 9.17) is 0 Å². The van der Waals surface area contributed by atoms with Crippen LogP contribution < -0.4 is 0 Å². The molecule has 3 nitrogen and oxygen atoms in total. The lowest BCUT2D eigenvalue weighted by molar-refractivity contribution is -0.113. The first kappa shape index (κ1) is 15.2. The first-order chi connectivity index (χ1) is 9.55. The van der Waals surface area contributed by atoms with Gasteiger partial charge in [-0.3, -0.25) is 0 Å². The molecular formula is C17H26N2O. The van der Waals surface area contributed by atoms with Gasteiger partial charge >= 0.3 is 0 Å². The van der Waals surface area contributed by atoms with E-state index in [2.05, 4.69) is 36.0 Å². The third-order valence-corrected chi connectivity index (χ3v) is 4.49. The topological polar surface area (TPSA) is 23.6 Å². The van der Waals surface area contributed by atoms with Crippen LogP contribution in [-0.2, 0) is 10.2 Å². The maximum atomic E-state index is 11.7. The molecule has 1 aromatic rings. The Hall–Kier alpha value is -1.19. The maximum Gasteiger partial charge on any atom is 0.131 e. The normalized spacial score (nSPS) is 23.5. The highest BCUT2D eigenvalue weighted by atomic mass is 16.1. The molecule has 0 saturated carbocycles. The van der Waals surface area contributed by atoms with E-state index in [-0.39, 0.29) is 0 Å². The lowest BCUT2D eigenvalue weighted by Crippen LogP contribution is -2.49. The van der Waals surface area contributed by atoms with Crippen molar-refractivity contribution in [3.8, 4) is 0 Å². The van der Waals surface area contributed by atoms with Crippen molar-refractivity contribution >= 4 is 6.29 Å². The monoisotopic (exact) mass is 274 g/mol. The highest BCUT2D eigenvalue weighted by Crippen LogP contribution is 2.24. The SMILES string of the molecule is CN1CCCC(N(C)CC(C)(C=O)c2ccccc2)C1. The van der Waals surface area contributed by atoms with E-state index >= 15 is 0 Å². The Balaban J connectivity index is 2.07. The van der Waals surface area contributed by atoms with Crippen LogP contribution in [0.25, 0.3) is 0 Å². The van der Waals surface area contributed by atoms with E-state index in [0.717, 1.165) is 24.9 Å². The minimum atomic E-state index is -0.425. The van der Waals surface area contributed by atoms with Gasteiger partial charge in [0.1, 0.15) is 6.29 Å². The van der Waals surface area contributed by atoms with Gasteiger partial charge in [-0.2, -0.15) is 0 Å². The van der Waals surface area contributed by atoms with Gasteiger partial charge in [-0.05, 0) is 46.0 Å². The van der Waals surface area contributed by atoms with Gasteiger partial charge in [-0.1, -0.05) is 30.3 Å². The van der Waals surface area contributed by atoms with Gasteiger partial charge in [0.15, 0.2) is 0 Å². The van der Waals surface area contributed by atoms with Crippen LogP contribution in [0.1, 0.15) is 25.3 Å². The molecule has 1 aromatic carbocycles. The molecule has 20 heavy (non-hydrogen) atoms. The van der Waals surface area contributed by atoms with Crippen molar-refractivity contribution in [3.63, 3.8) is 0 Å². The molecule has 1 aliphatic heterocycles. The summed E-state index contributed by atoms with van der Waals surface area (Å²) in [6.45, 7) is 5.10. The second kappa shape index (κ2) is 6.51. The molecule has 110 valence electrons. The van der Waals surface area contributed by atoms with Gasteiger partial charge in [0.2, 0.25) is 0 Å². The summed E-state index contributed by atoms with van der Waals surface area (Å²) in [5.74, 6) is 0. The molecule has 0 aromatic heterocycles. The summed E-state index contributed by atoms with van der Waals surface area (Å²) in [5.41, 5.74) is 0.678. The second-order valence-corrected chi connectivity index (χ2v) is 6.37. The molecule has 0 aliphatic carbocycles. The van der Waals surface area contributed by atoms with Crippen LogP contribution in [0, 0.1) is 0 Å². The molecule has 1 aliphatic rings. The van der Waals surface area contributed by atoms with Crippen LogP contribution in [0.15, 0.2) is 30.3 Å². The van der Waals surface area contributed by atoms with Gasteiger partial charge in [-0.15, -0.1) is 0 Å². The quantitative estimate of drug-likeness (QED) is 0.769. The number of carbonyl (C=O) groups excluding carboxylic acids is 1. The molecule has 1 heterocycles. The fraction of sp³-hybridized carbons (Fsp3) is 0.588. The van der Waals surface area contributed by atoms with Crippen LogP contribution in [0.5, 0.6) is 0 Å². The van der Waals surface area contributed by atoms with E-state index in [1.54, 1.807) is 0 Å². The standard InChI is InChI=1S/C17H26N2O/c1-17(14-20,15-8-5-4-6-9-15)13-19(3)16-10-7-11-18(2)12-16/h4-6,8-9,14,16H,7,10-13H2,1-3H3. The third-order valence-electron chi connectivity index (χ3n) is 4.49. The second-order valence-electron chi connectivity index (χ2n) is 6.37. The Kier molecular flexibility index (Phi) is 4.95. The van der Waals surface area contributed by atoms with Crippen LogP contribution in [0.2, 0.25) is 0 Å². The molecular weight excluding hydrogens is 248 g/mol. The van der Waals surface area contributed by atoms with Crippen LogP contribution in [0.4, 0.5) is 0 Å². The average Bonchev–Trinajstić information content (AvgIpc) is 2.48. The summed E-state index contributed by atoms with van der Waals surface area (Å²) in [6.07, 6.45) is 3.57. The summed E-state index contributed by atoms with van der Waals surface area (Å²) >= 11 is 0. The number of nitrogens with zero attached hydrogens (tertiary/aromatic N) is 2. The zero-order chi connectivity index (χ0) is 14.6. The number of hydrogen-bond acceptors (Lipinski definition) is 3. The van der Waals surface area contributed by atoms with E-state index in [1.807, 2.05) is 25.1 Å². The van der Waals surface area contributed by atoms with E-state index in [0.29, 0.717) is 6.04 Å². The molecule has 1 saturated heterocycles. The average molecular weight is 274 g/mol. The Morgan fingerprint density at radius 3 is 2.70 bits per heavy atom. The Bertz CT molecular complexity index is 434. The number of piperidine rings is 1. The number of hydrogen-bond donors (Lipinski definition) is 0. The zero-order valence-electron chi connectivity index (χ0n) is 12.9. The molecule has 0 bridgehead atoms. The fourth-order valence-corrected chi connectivity index (χ4v) is 3.16. The Labute approximate surface area is 122 Å². The van der Waals surface area contributed by atoms with Crippen molar-refractivity contribution in [1.29, 1.82) is 0 Å². The van der Waals surface area contributed by atoms with Crippen molar-refractivity contribution in [2.45, 2.75) is 31.2 Å². The van der Waals surface area contributed by atoms with E-state index in [1.165, 1.54) is 19.4 Å². The number of likely N-dealkylation sites (N-methyl/N-ethyl adjacent to an activating group) is 2. The van der Waals surface area contributed by atoms with Crippen molar-refractivity contribution in [2.75, 3.05) is 33.7 Å². The minimum absolute atomic E-state index is 0.425. The number of benzene rings is 1. The minimum Gasteiger partial charge on any atom is -0.305 e. The van der Waals surface area contributed by atoms with Gasteiger partial charge in [0.25, 0.3) is 0 Å². The number of carbonyl (C=O) groups is 1. The lowest BCUT2D eigenvalue weighted by atomic mass is 9.83. The highest BCUT2D eigenvalue weighted by molar-refractivity contribution is 5.68. The third kappa shape index (κ3) is 3.47. The number of rotatable bonds is 5. The Morgan fingerprint density at radius 2 is 2.10 bits per heavy atom. The fourth-order valence-electron chi connectivity index (χ4n) is 3.16. The summed E-state index contributed by atoms with van der Waals surface area (Å²) in [6, 6.07) is 10.7. The summed E-state index contributed by atoms with van der Waals surface area (Å²) in [7, 11) is 4.32. The largest absolute Gasteiger partial charge is 0.305 e. The summed E-state index contributed by atoms with van der Waals surface area (Å²) in [5, 5.41) is 0. The first-order valence-electron chi connectivity index (χ1n) is 7.46. The zero-order valence-corrected chi connectivity index (χ0v) is 12.9. The van der Waals surface area contributed by atoms with Crippen molar-refractivity contribution in [3.05, 3.63) is 35.9 Å². The summed E-state index contributed by atoms with van der Waals surface area (Å²) in [4.78, 5) is 16.4. The molecule has 0 amide bonds. The number of likely N-dealkylation sites (tertiary alicyclic amines) is 1. The van der Waals surface area contributed by atoms with Gasteiger partial charge in [-0.25, -0.2) is 0 Å². The Morgan fingerprint density at radius 1 is 1.40 bits per heavy atom. The van der Waals surface area contributed by atoms with Crippen molar-refractivity contribution < 1.29 is 4.79 Å².